The molecule has 19 heavy (non-hydrogen) atoms. The summed E-state index contributed by atoms with van der Waals surface area (Å²) in [7, 11) is 1.68. The summed E-state index contributed by atoms with van der Waals surface area (Å²) in [6.07, 6.45) is 2.65. The number of rotatable bonds is 8. The highest BCUT2D eigenvalue weighted by atomic mass is 32.2. The Balaban J connectivity index is 2.78. The monoisotopic (exact) mass is 284 g/mol. The maximum absolute atomic E-state index is 11.3. The second-order valence-corrected chi connectivity index (χ2v) is 5.20. The molecule has 0 spiro atoms. The number of aryl methyl sites for hydroxylation is 2. The molecule has 0 fully saturated rings. The lowest BCUT2D eigenvalue weighted by Gasteiger charge is -2.09. The van der Waals surface area contributed by atoms with Gasteiger partial charge in [0.05, 0.1) is 5.69 Å². The number of carbonyl (C=O) groups is 1. The molecule has 106 valence electrons. The van der Waals surface area contributed by atoms with Gasteiger partial charge in [-0.25, -0.2) is 14.8 Å². The number of hydrogen-bond donors (Lipinski definition) is 1. The number of ether oxygens (including phenoxy) is 1. The van der Waals surface area contributed by atoms with Crippen LogP contribution in [0.2, 0.25) is 0 Å². The highest BCUT2D eigenvalue weighted by molar-refractivity contribution is 7.99. The van der Waals surface area contributed by atoms with Crippen molar-refractivity contribution in [2.45, 2.75) is 38.1 Å². The van der Waals surface area contributed by atoms with E-state index in [4.69, 9.17) is 4.74 Å². The first-order valence-corrected chi connectivity index (χ1v) is 7.31. The molecule has 0 atom stereocenters. The quantitative estimate of drug-likeness (QED) is 0.449. The molecule has 1 aromatic heterocycles. The van der Waals surface area contributed by atoms with Crippen molar-refractivity contribution in [3.63, 3.8) is 0 Å². The summed E-state index contributed by atoms with van der Waals surface area (Å²) in [5, 5.41) is 9.82. The molecule has 6 heteroatoms. The Kier molecular flexibility index (Phi) is 6.80. The highest BCUT2D eigenvalue weighted by Gasteiger charge is 2.17. The number of aromatic carboxylic acids is 1. The van der Waals surface area contributed by atoms with Crippen molar-refractivity contribution in [2.24, 2.45) is 0 Å². The molecule has 0 aliphatic heterocycles. The number of methoxy groups -OCH3 is 1. The minimum absolute atomic E-state index is 0.231. The molecule has 1 rings (SSSR count). The van der Waals surface area contributed by atoms with Crippen LogP contribution in [0.15, 0.2) is 5.03 Å². The van der Waals surface area contributed by atoms with Crippen LogP contribution in [0, 0.1) is 6.92 Å². The van der Waals surface area contributed by atoms with E-state index in [-0.39, 0.29) is 5.56 Å². The average molecular weight is 284 g/mol. The molecule has 0 radical (unpaired) electrons. The number of thioether (sulfide) groups is 1. The van der Waals surface area contributed by atoms with E-state index in [1.807, 2.05) is 6.92 Å². The molecule has 1 N–H and O–H groups in total. The Morgan fingerprint density at radius 1 is 1.37 bits per heavy atom. The van der Waals surface area contributed by atoms with E-state index < -0.39 is 5.97 Å². The summed E-state index contributed by atoms with van der Waals surface area (Å²) >= 11 is 1.48. The van der Waals surface area contributed by atoms with Crippen molar-refractivity contribution in [1.29, 1.82) is 0 Å². The first kappa shape index (κ1) is 15.9. The molecule has 0 aromatic carbocycles. The maximum atomic E-state index is 11.3. The average Bonchev–Trinajstić information content (AvgIpc) is 2.37. The lowest BCUT2D eigenvalue weighted by atomic mass is 10.2. The fourth-order valence-electron chi connectivity index (χ4n) is 1.63. The minimum atomic E-state index is -0.959. The molecule has 0 bridgehead atoms. The highest BCUT2D eigenvalue weighted by Crippen LogP contribution is 2.24. The van der Waals surface area contributed by atoms with Crippen molar-refractivity contribution >= 4 is 17.7 Å². The standard InChI is InChI=1S/C13H20N2O3S/c1-4-10-14-9(2)11(13(16)17)12(15-10)19-8-6-5-7-18-3/h4-8H2,1-3H3,(H,16,17). The first-order valence-electron chi connectivity index (χ1n) is 6.32. The van der Waals surface area contributed by atoms with E-state index >= 15 is 0 Å². The molecular weight excluding hydrogens is 264 g/mol. The molecule has 1 aromatic rings. The molecule has 0 amide bonds. The van der Waals surface area contributed by atoms with Gasteiger partial charge in [-0.1, -0.05) is 6.92 Å². The van der Waals surface area contributed by atoms with Gasteiger partial charge in [-0.2, -0.15) is 0 Å². The smallest absolute Gasteiger partial charge is 0.340 e. The van der Waals surface area contributed by atoms with Crippen LogP contribution in [0.4, 0.5) is 0 Å². The maximum Gasteiger partial charge on any atom is 0.340 e. The molecule has 0 aliphatic rings. The van der Waals surface area contributed by atoms with Gasteiger partial charge >= 0.3 is 5.97 Å². The fourth-order valence-corrected chi connectivity index (χ4v) is 2.72. The normalized spacial score (nSPS) is 10.7. The Hall–Kier alpha value is -1.14. The Bertz CT molecular complexity index is 438. The molecule has 0 saturated heterocycles. The molecular formula is C13H20N2O3S. The van der Waals surface area contributed by atoms with Gasteiger partial charge in [0.25, 0.3) is 0 Å². The third kappa shape index (κ3) is 4.80. The van der Waals surface area contributed by atoms with Crippen LogP contribution in [-0.2, 0) is 11.2 Å². The lowest BCUT2D eigenvalue weighted by Crippen LogP contribution is -2.09. The second kappa shape index (κ2) is 8.12. The minimum Gasteiger partial charge on any atom is -0.478 e. The summed E-state index contributed by atoms with van der Waals surface area (Å²) in [4.78, 5) is 19.8. The van der Waals surface area contributed by atoms with Gasteiger partial charge in [0.15, 0.2) is 0 Å². The number of nitrogens with zero attached hydrogens (tertiary/aromatic N) is 2. The molecule has 0 unspecified atom stereocenters. The predicted octanol–water partition coefficient (Wildman–Crippen LogP) is 2.56. The zero-order chi connectivity index (χ0) is 14.3. The van der Waals surface area contributed by atoms with Gasteiger partial charge in [0.2, 0.25) is 0 Å². The number of carboxylic acids is 1. The van der Waals surface area contributed by atoms with Crippen molar-refractivity contribution in [1.82, 2.24) is 9.97 Å². The number of carboxylic acid groups (broad SMARTS) is 1. The fraction of sp³-hybridized carbons (Fsp3) is 0.615. The zero-order valence-electron chi connectivity index (χ0n) is 11.6. The van der Waals surface area contributed by atoms with Crippen molar-refractivity contribution < 1.29 is 14.6 Å². The van der Waals surface area contributed by atoms with E-state index in [1.165, 1.54) is 11.8 Å². The summed E-state index contributed by atoms with van der Waals surface area (Å²) in [5.41, 5.74) is 0.771. The van der Waals surface area contributed by atoms with Crippen LogP contribution >= 0.6 is 11.8 Å². The third-order valence-electron chi connectivity index (χ3n) is 2.61. The first-order chi connectivity index (χ1) is 9.10. The van der Waals surface area contributed by atoms with E-state index in [1.54, 1.807) is 14.0 Å². The Labute approximate surface area is 117 Å². The molecule has 5 nitrogen and oxygen atoms in total. The van der Waals surface area contributed by atoms with Crippen LogP contribution in [-0.4, -0.2) is 40.5 Å². The Morgan fingerprint density at radius 2 is 2.11 bits per heavy atom. The number of hydrogen-bond acceptors (Lipinski definition) is 5. The van der Waals surface area contributed by atoms with Gasteiger partial charge in [0.1, 0.15) is 16.4 Å². The van der Waals surface area contributed by atoms with Crippen LogP contribution in [0.5, 0.6) is 0 Å². The molecule has 0 saturated carbocycles. The second-order valence-electron chi connectivity index (χ2n) is 4.11. The summed E-state index contributed by atoms with van der Waals surface area (Å²) in [6.45, 7) is 4.41. The molecule has 1 heterocycles. The summed E-state index contributed by atoms with van der Waals surface area (Å²) in [6, 6.07) is 0. The number of unbranched alkanes of at least 4 members (excludes halogenated alkanes) is 1. The largest absolute Gasteiger partial charge is 0.478 e. The summed E-state index contributed by atoms with van der Waals surface area (Å²) < 4.78 is 4.98. The lowest BCUT2D eigenvalue weighted by molar-refractivity contribution is 0.0690. The van der Waals surface area contributed by atoms with Crippen LogP contribution in [0.3, 0.4) is 0 Å². The zero-order valence-corrected chi connectivity index (χ0v) is 12.4. The third-order valence-corrected chi connectivity index (χ3v) is 3.68. The van der Waals surface area contributed by atoms with Crippen LogP contribution in [0.25, 0.3) is 0 Å². The van der Waals surface area contributed by atoms with Gasteiger partial charge < -0.3 is 9.84 Å². The van der Waals surface area contributed by atoms with Crippen molar-refractivity contribution in [2.75, 3.05) is 19.5 Å². The Morgan fingerprint density at radius 3 is 2.68 bits per heavy atom. The van der Waals surface area contributed by atoms with Gasteiger partial charge in [-0.05, 0) is 25.5 Å². The molecule has 0 aliphatic carbocycles. The van der Waals surface area contributed by atoms with E-state index in [2.05, 4.69) is 9.97 Å². The predicted molar refractivity (Wildman–Crippen MR) is 74.9 cm³/mol. The summed E-state index contributed by atoms with van der Waals surface area (Å²) in [5.74, 6) is 0.574. The van der Waals surface area contributed by atoms with Crippen LogP contribution < -0.4 is 0 Å². The van der Waals surface area contributed by atoms with E-state index in [0.717, 1.165) is 25.2 Å². The SMILES string of the molecule is CCc1nc(C)c(C(=O)O)c(SCCCCOC)n1. The van der Waals surface area contributed by atoms with E-state index in [0.29, 0.717) is 23.0 Å². The van der Waals surface area contributed by atoms with Crippen LogP contribution in [0.1, 0.15) is 41.6 Å². The van der Waals surface area contributed by atoms with Gasteiger partial charge in [-0.15, -0.1) is 11.8 Å². The number of aromatic nitrogens is 2. The van der Waals surface area contributed by atoms with E-state index in [9.17, 15) is 9.90 Å². The topological polar surface area (TPSA) is 72.3 Å². The van der Waals surface area contributed by atoms with Crippen molar-refractivity contribution in [3.8, 4) is 0 Å². The van der Waals surface area contributed by atoms with Gasteiger partial charge in [-0.3, -0.25) is 0 Å². The van der Waals surface area contributed by atoms with Crippen molar-refractivity contribution in [3.05, 3.63) is 17.1 Å². The van der Waals surface area contributed by atoms with Gasteiger partial charge in [0, 0.05) is 20.1 Å².